The molecule has 0 aliphatic heterocycles. The van der Waals surface area contributed by atoms with Crippen molar-refractivity contribution in [2.24, 2.45) is 0 Å². The number of benzene rings is 1. The lowest BCUT2D eigenvalue weighted by atomic mass is 10.2. The molecule has 3 nitrogen and oxygen atoms in total. The number of esters is 1. The normalized spacial score (nSPS) is 11.9. The number of ether oxygens (including phenoxy) is 2. The van der Waals surface area contributed by atoms with E-state index in [1.54, 1.807) is 0 Å². The summed E-state index contributed by atoms with van der Waals surface area (Å²) >= 11 is 0. The van der Waals surface area contributed by atoms with Gasteiger partial charge in [-0.25, -0.2) is 0 Å². The molecule has 86 valence electrons. The molecule has 0 heterocycles. The molecule has 0 aliphatic carbocycles. The molecular weight excluding hydrogens is 220 g/mol. The highest BCUT2D eigenvalue weighted by atomic mass is 28.1. The molecule has 4 heteroatoms. The van der Waals surface area contributed by atoms with Crippen LogP contribution in [-0.2, 0) is 14.3 Å². The third-order valence-corrected chi connectivity index (χ3v) is 3.01. The van der Waals surface area contributed by atoms with E-state index in [0.717, 1.165) is 21.0 Å². The summed E-state index contributed by atoms with van der Waals surface area (Å²) in [4.78, 5) is 10.9. The molecular formula is C12H16O3Si. The number of rotatable bonds is 4. The van der Waals surface area contributed by atoms with Crippen molar-refractivity contribution in [3.05, 3.63) is 41.8 Å². The molecule has 0 aliphatic rings. The van der Waals surface area contributed by atoms with Crippen LogP contribution < -0.4 is 0 Å². The van der Waals surface area contributed by atoms with Crippen molar-refractivity contribution >= 4 is 21.4 Å². The Morgan fingerprint density at radius 1 is 1.31 bits per heavy atom. The molecule has 0 saturated heterocycles. The van der Waals surface area contributed by atoms with Crippen molar-refractivity contribution in [2.45, 2.75) is 13.8 Å². The summed E-state index contributed by atoms with van der Waals surface area (Å²) in [6.07, 6.45) is 0. The Hall–Kier alpha value is -1.55. The Kier molecular flexibility index (Phi) is 4.79. The van der Waals surface area contributed by atoms with E-state index in [4.69, 9.17) is 9.47 Å². The molecule has 0 bridgehead atoms. The monoisotopic (exact) mass is 236 g/mol. The molecule has 1 rings (SSSR count). The van der Waals surface area contributed by atoms with E-state index in [1.165, 1.54) is 6.92 Å². The van der Waals surface area contributed by atoms with Crippen LogP contribution in [0.25, 0.3) is 5.20 Å². The molecule has 0 amide bonds. The zero-order valence-electron chi connectivity index (χ0n) is 9.82. The maximum Gasteiger partial charge on any atom is 0.310 e. The summed E-state index contributed by atoms with van der Waals surface area (Å²) < 4.78 is 10.4. The predicted molar refractivity (Wildman–Crippen MR) is 66.7 cm³/mol. The van der Waals surface area contributed by atoms with Crippen LogP contribution in [0.3, 0.4) is 0 Å². The second kappa shape index (κ2) is 6.12. The molecule has 0 spiro atoms. The van der Waals surface area contributed by atoms with E-state index in [1.807, 2.05) is 37.3 Å². The number of hydrogen-bond acceptors (Lipinski definition) is 3. The highest BCUT2D eigenvalue weighted by Gasteiger charge is 2.09. The lowest BCUT2D eigenvalue weighted by Crippen LogP contribution is -2.06. The highest BCUT2D eigenvalue weighted by molar-refractivity contribution is 6.42. The van der Waals surface area contributed by atoms with Gasteiger partial charge in [-0.05, 0) is 12.5 Å². The highest BCUT2D eigenvalue weighted by Crippen LogP contribution is 2.17. The van der Waals surface area contributed by atoms with Crippen LogP contribution in [0.4, 0.5) is 0 Å². The maximum absolute atomic E-state index is 10.9. The van der Waals surface area contributed by atoms with E-state index in [-0.39, 0.29) is 5.97 Å². The van der Waals surface area contributed by atoms with E-state index in [2.05, 4.69) is 0 Å². The van der Waals surface area contributed by atoms with Gasteiger partial charge in [0.15, 0.2) is 0 Å². The Labute approximate surface area is 98.5 Å². The first kappa shape index (κ1) is 12.5. The third kappa shape index (κ3) is 3.55. The van der Waals surface area contributed by atoms with Crippen LogP contribution in [-0.4, -0.2) is 22.8 Å². The minimum Gasteiger partial charge on any atom is -0.465 e. The molecule has 1 aromatic carbocycles. The summed E-state index contributed by atoms with van der Waals surface area (Å²) in [6, 6.07) is 9.80. The van der Waals surface area contributed by atoms with Crippen molar-refractivity contribution in [2.75, 3.05) is 6.61 Å². The Balaban J connectivity index is 3.00. The van der Waals surface area contributed by atoms with E-state index in [0.29, 0.717) is 12.6 Å². The smallest absolute Gasteiger partial charge is 0.310 e. The summed E-state index contributed by atoms with van der Waals surface area (Å²) in [5.74, 6) is -0.0133. The van der Waals surface area contributed by atoms with Crippen LogP contribution in [0.15, 0.2) is 36.3 Å². The van der Waals surface area contributed by atoms with Gasteiger partial charge in [0.2, 0.25) is 0 Å². The van der Waals surface area contributed by atoms with Crippen molar-refractivity contribution in [1.82, 2.24) is 0 Å². The Morgan fingerprint density at radius 2 is 1.94 bits per heavy atom. The first-order valence-electron chi connectivity index (χ1n) is 5.22. The molecule has 0 atom stereocenters. The summed E-state index contributed by atoms with van der Waals surface area (Å²) in [6.45, 7) is 3.73. The van der Waals surface area contributed by atoms with Gasteiger partial charge in [-0.3, -0.25) is 4.79 Å². The van der Waals surface area contributed by atoms with Crippen molar-refractivity contribution in [3.8, 4) is 0 Å². The van der Waals surface area contributed by atoms with Gasteiger partial charge in [0.05, 0.1) is 6.61 Å². The summed E-state index contributed by atoms with van der Waals surface area (Å²) in [7, 11) is 0.757. The molecule has 0 unspecified atom stereocenters. The van der Waals surface area contributed by atoms with Crippen molar-refractivity contribution < 1.29 is 14.3 Å². The molecule has 0 N–H and O–H groups in total. The largest absolute Gasteiger partial charge is 0.465 e. The van der Waals surface area contributed by atoms with Crippen LogP contribution >= 0.6 is 0 Å². The van der Waals surface area contributed by atoms with Crippen LogP contribution in [0.2, 0.25) is 0 Å². The SMILES string of the molecule is CCOC(OC(C)=O)=C([SiH3])c1ccccc1. The molecule has 0 saturated carbocycles. The summed E-state index contributed by atoms with van der Waals surface area (Å²) in [5.41, 5.74) is 1.04. The van der Waals surface area contributed by atoms with Crippen LogP contribution in [0.1, 0.15) is 19.4 Å². The van der Waals surface area contributed by atoms with Crippen molar-refractivity contribution in [1.29, 1.82) is 0 Å². The zero-order chi connectivity index (χ0) is 12.0. The van der Waals surface area contributed by atoms with E-state index < -0.39 is 0 Å². The maximum atomic E-state index is 10.9. The molecule has 0 fully saturated rings. The topological polar surface area (TPSA) is 35.5 Å². The lowest BCUT2D eigenvalue weighted by Gasteiger charge is -2.11. The Bertz CT molecular complexity index is 385. The second-order valence-corrected chi connectivity index (χ2v) is 4.31. The zero-order valence-corrected chi connectivity index (χ0v) is 11.8. The second-order valence-electron chi connectivity index (χ2n) is 3.31. The molecule has 16 heavy (non-hydrogen) atoms. The molecule has 0 radical (unpaired) electrons. The summed E-state index contributed by atoms with van der Waals surface area (Å²) in [5, 5.41) is 0.956. The van der Waals surface area contributed by atoms with Crippen LogP contribution in [0.5, 0.6) is 0 Å². The van der Waals surface area contributed by atoms with Gasteiger partial charge in [0.1, 0.15) is 0 Å². The van der Waals surface area contributed by atoms with Gasteiger partial charge < -0.3 is 9.47 Å². The minimum absolute atomic E-state index is 0.341. The average Bonchev–Trinajstić information content (AvgIpc) is 2.28. The first-order valence-corrected chi connectivity index (χ1v) is 6.22. The average molecular weight is 236 g/mol. The van der Waals surface area contributed by atoms with Crippen molar-refractivity contribution in [3.63, 3.8) is 0 Å². The van der Waals surface area contributed by atoms with Gasteiger partial charge in [0, 0.05) is 22.4 Å². The fourth-order valence-electron chi connectivity index (χ4n) is 1.28. The predicted octanol–water partition coefficient (Wildman–Crippen LogP) is 1.28. The number of carbonyl (C=O) groups is 1. The van der Waals surface area contributed by atoms with Crippen LogP contribution in [0, 0.1) is 0 Å². The van der Waals surface area contributed by atoms with Gasteiger partial charge in [-0.2, -0.15) is 0 Å². The third-order valence-electron chi connectivity index (χ3n) is 2.02. The molecule has 1 aromatic rings. The van der Waals surface area contributed by atoms with Gasteiger partial charge in [-0.1, -0.05) is 30.3 Å². The Morgan fingerprint density at radius 3 is 2.44 bits per heavy atom. The number of carbonyl (C=O) groups excluding carboxylic acids is 1. The quantitative estimate of drug-likeness (QED) is 0.449. The fraction of sp³-hybridized carbons (Fsp3) is 0.250. The van der Waals surface area contributed by atoms with Gasteiger partial charge in [-0.15, -0.1) is 0 Å². The molecule has 0 aromatic heterocycles. The fourth-order valence-corrected chi connectivity index (χ4v) is 1.86. The van der Waals surface area contributed by atoms with Gasteiger partial charge >= 0.3 is 5.97 Å². The number of hydrogen-bond donors (Lipinski definition) is 0. The lowest BCUT2D eigenvalue weighted by molar-refractivity contribution is -0.142. The van der Waals surface area contributed by atoms with E-state index in [9.17, 15) is 4.79 Å². The van der Waals surface area contributed by atoms with Gasteiger partial charge in [0.25, 0.3) is 5.95 Å². The minimum atomic E-state index is -0.354. The standard InChI is InChI=1S/C12H16O3Si/c1-3-14-12(15-9(2)13)11(16)10-7-5-4-6-8-10/h4-8H,3H2,1-2,16H3. The first-order chi connectivity index (χ1) is 7.65. The van der Waals surface area contributed by atoms with E-state index >= 15 is 0 Å².